The van der Waals surface area contributed by atoms with Crippen LogP contribution in [0.1, 0.15) is 36.7 Å². The number of hydrogen-bond acceptors (Lipinski definition) is 7. The number of aliphatic hydroxyl groups is 1. The molecule has 1 heterocycles. The van der Waals surface area contributed by atoms with Gasteiger partial charge in [0, 0.05) is 30.6 Å². The van der Waals surface area contributed by atoms with Crippen LogP contribution in [0.2, 0.25) is 0 Å². The Bertz CT molecular complexity index is 533. The van der Waals surface area contributed by atoms with Crippen LogP contribution in [0.4, 0.5) is 0 Å². The van der Waals surface area contributed by atoms with Gasteiger partial charge in [-0.25, -0.2) is 9.78 Å². The molecule has 0 radical (unpaired) electrons. The van der Waals surface area contributed by atoms with Gasteiger partial charge in [0.15, 0.2) is 10.0 Å². The number of aromatic nitrogens is 1. The van der Waals surface area contributed by atoms with Crippen molar-refractivity contribution in [3.63, 3.8) is 0 Å². The van der Waals surface area contributed by atoms with Crippen LogP contribution in [0.5, 0.6) is 0 Å². The Morgan fingerprint density at radius 2 is 2.27 bits per heavy atom. The average Bonchev–Trinajstić information content (AvgIpc) is 3.06. The van der Waals surface area contributed by atoms with Crippen molar-refractivity contribution in [3.05, 3.63) is 11.1 Å². The van der Waals surface area contributed by atoms with Crippen molar-refractivity contribution in [2.45, 2.75) is 36.6 Å². The van der Waals surface area contributed by atoms with E-state index in [0.29, 0.717) is 0 Å². The zero-order chi connectivity index (χ0) is 16.1. The van der Waals surface area contributed by atoms with E-state index in [2.05, 4.69) is 4.98 Å². The van der Waals surface area contributed by atoms with Gasteiger partial charge in [-0.1, -0.05) is 11.8 Å². The SMILES string of the molecule is CC(=O)O[C@H]1CC[C@H](CO)[C@H]1CCSc1nc(C(=O)O)cs1. The summed E-state index contributed by atoms with van der Waals surface area (Å²) >= 11 is 2.82. The smallest absolute Gasteiger partial charge is 0.355 e. The van der Waals surface area contributed by atoms with Crippen LogP contribution in [0.3, 0.4) is 0 Å². The lowest BCUT2D eigenvalue weighted by Gasteiger charge is -2.23. The topological polar surface area (TPSA) is 96.7 Å². The molecular weight excluding hydrogens is 326 g/mol. The number of carboxylic acid groups (broad SMARTS) is 1. The highest BCUT2D eigenvalue weighted by Gasteiger charge is 2.37. The normalized spacial score (nSPS) is 24.4. The van der Waals surface area contributed by atoms with E-state index in [1.54, 1.807) is 0 Å². The van der Waals surface area contributed by atoms with Crippen molar-refractivity contribution < 1.29 is 24.5 Å². The molecule has 1 fully saturated rings. The molecule has 22 heavy (non-hydrogen) atoms. The van der Waals surface area contributed by atoms with Crippen LogP contribution < -0.4 is 0 Å². The van der Waals surface area contributed by atoms with Gasteiger partial charge >= 0.3 is 11.9 Å². The third-order valence-corrected chi connectivity index (χ3v) is 5.89. The number of nitrogens with zero attached hydrogens (tertiary/aromatic N) is 1. The molecule has 6 nitrogen and oxygen atoms in total. The third kappa shape index (κ3) is 4.44. The van der Waals surface area contributed by atoms with E-state index in [-0.39, 0.29) is 36.2 Å². The number of aromatic carboxylic acids is 1. The lowest BCUT2D eigenvalue weighted by Crippen LogP contribution is -2.26. The molecule has 0 bridgehead atoms. The Balaban J connectivity index is 1.86. The maximum absolute atomic E-state index is 11.1. The molecule has 0 spiro atoms. The fraction of sp³-hybridized carbons (Fsp3) is 0.643. The molecule has 122 valence electrons. The van der Waals surface area contributed by atoms with E-state index < -0.39 is 5.97 Å². The van der Waals surface area contributed by atoms with Gasteiger partial charge in [-0.15, -0.1) is 11.3 Å². The van der Waals surface area contributed by atoms with E-state index >= 15 is 0 Å². The highest BCUT2D eigenvalue weighted by atomic mass is 32.2. The van der Waals surface area contributed by atoms with Crippen LogP contribution in [-0.2, 0) is 9.53 Å². The van der Waals surface area contributed by atoms with E-state index in [1.165, 1.54) is 35.4 Å². The zero-order valence-electron chi connectivity index (χ0n) is 12.2. The number of thioether (sulfide) groups is 1. The second-order valence-electron chi connectivity index (χ2n) is 5.27. The monoisotopic (exact) mass is 345 g/mol. The zero-order valence-corrected chi connectivity index (χ0v) is 13.9. The number of carbonyl (C=O) groups excluding carboxylic acids is 1. The molecule has 1 saturated carbocycles. The summed E-state index contributed by atoms with van der Waals surface area (Å²) in [6.45, 7) is 1.51. The van der Waals surface area contributed by atoms with Gasteiger partial charge in [0.05, 0.1) is 0 Å². The Hall–Kier alpha value is -1.12. The highest BCUT2D eigenvalue weighted by molar-refractivity contribution is 8.01. The summed E-state index contributed by atoms with van der Waals surface area (Å²) in [4.78, 5) is 26.0. The van der Waals surface area contributed by atoms with Crippen molar-refractivity contribution >= 4 is 35.0 Å². The fourth-order valence-electron chi connectivity index (χ4n) is 2.82. The second-order valence-corrected chi connectivity index (χ2v) is 7.47. The van der Waals surface area contributed by atoms with E-state index in [9.17, 15) is 14.7 Å². The minimum atomic E-state index is -1.02. The first-order chi connectivity index (χ1) is 10.5. The quantitative estimate of drug-likeness (QED) is 0.578. The number of ether oxygens (including phenoxy) is 1. The Morgan fingerprint density at radius 1 is 1.50 bits per heavy atom. The molecule has 0 saturated heterocycles. The Labute approximate surface area is 136 Å². The fourth-order valence-corrected chi connectivity index (χ4v) is 4.73. The number of rotatable bonds is 7. The summed E-state index contributed by atoms with van der Waals surface area (Å²) in [6.07, 6.45) is 2.33. The number of hydrogen-bond donors (Lipinski definition) is 2. The van der Waals surface area contributed by atoms with Gasteiger partial charge in [0.25, 0.3) is 0 Å². The lowest BCUT2D eigenvalue weighted by atomic mass is 9.93. The van der Waals surface area contributed by atoms with Gasteiger partial charge in [-0.2, -0.15) is 0 Å². The maximum Gasteiger partial charge on any atom is 0.355 e. The third-order valence-electron chi connectivity index (χ3n) is 3.84. The van der Waals surface area contributed by atoms with E-state index in [0.717, 1.165) is 29.4 Å². The molecule has 2 N–H and O–H groups in total. The lowest BCUT2D eigenvalue weighted by molar-refractivity contribution is -0.148. The number of esters is 1. The van der Waals surface area contributed by atoms with Gasteiger partial charge in [0.1, 0.15) is 6.10 Å². The first-order valence-corrected chi connectivity index (χ1v) is 8.97. The molecular formula is C14H19NO5S2. The standard InChI is InChI=1S/C14H19NO5S2/c1-8(17)20-12-3-2-9(6-16)10(12)4-5-21-14-15-11(7-22-14)13(18)19/h7,9-10,12,16H,2-6H2,1H3,(H,18,19)/t9-,10-,12+/m1/s1. The predicted molar refractivity (Wildman–Crippen MR) is 83.3 cm³/mol. The molecule has 1 aliphatic rings. The van der Waals surface area contributed by atoms with Crippen LogP contribution in [0.15, 0.2) is 9.72 Å². The maximum atomic E-state index is 11.1. The van der Waals surface area contributed by atoms with Crippen LogP contribution >= 0.6 is 23.1 Å². The van der Waals surface area contributed by atoms with Crippen LogP contribution in [0.25, 0.3) is 0 Å². The highest BCUT2D eigenvalue weighted by Crippen LogP contribution is 2.38. The van der Waals surface area contributed by atoms with Gasteiger partial charge in [0.2, 0.25) is 0 Å². The van der Waals surface area contributed by atoms with Crippen molar-refractivity contribution in [1.29, 1.82) is 0 Å². The number of aliphatic hydroxyl groups excluding tert-OH is 1. The number of carboxylic acids is 1. The molecule has 3 atom stereocenters. The van der Waals surface area contributed by atoms with E-state index in [4.69, 9.17) is 9.84 Å². The molecule has 1 aromatic rings. The summed E-state index contributed by atoms with van der Waals surface area (Å²) in [6, 6.07) is 0. The first-order valence-electron chi connectivity index (χ1n) is 7.11. The van der Waals surface area contributed by atoms with Crippen LogP contribution in [-0.4, -0.2) is 45.6 Å². The summed E-state index contributed by atoms with van der Waals surface area (Å²) in [5.41, 5.74) is 0.0689. The molecule has 1 aromatic heterocycles. The minimum Gasteiger partial charge on any atom is -0.476 e. The molecule has 0 amide bonds. The van der Waals surface area contributed by atoms with Gasteiger partial charge in [-0.05, 0) is 25.2 Å². The summed E-state index contributed by atoms with van der Waals surface area (Å²) < 4.78 is 6.07. The summed E-state index contributed by atoms with van der Waals surface area (Å²) in [7, 11) is 0. The molecule has 0 aliphatic heterocycles. The second kappa shape index (κ2) is 7.94. The van der Waals surface area contributed by atoms with Crippen molar-refractivity contribution in [3.8, 4) is 0 Å². The summed E-state index contributed by atoms with van der Waals surface area (Å²) in [5, 5.41) is 19.8. The molecule has 2 rings (SSSR count). The molecule has 0 aromatic carbocycles. The number of thiazole rings is 1. The number of carbonyl (C=O) groups is 2. The Kier molecular flexibility index (Phi) is 6.22. The predicted octanol–water partition coefficient (Wildman–Crippen LogP) is 2.27. The van der Waals surface area contributed by atoms with Crippen molar-refractivity contribution in [2.75, 3.05) is 12.4 Å². The summed E-state index contributed by atoms with van der Waals surface area (Å²) in [5.74, 6) is -0.233. The molecule has 0 unspecified atom stereocenters. The average molecular weight is 345 g/mol. The molecule has 8 heteroatoms. The van der Waals surface area contributed by atoms with Gasteiger partial charge in [-0.3, -0.25) is 4.79 Å². The van der Waals surface area contributed by atoms with Gasteiger partial charge < -0.3 is 14.9 Å². The first kappa shape index (κ1) is 17.2. The van der Waals surface area contributed by atoms with Crippen molar-refractivity contribution in [1.82, 2.24) is 4.98 Å². The molecule has 1 aliphatic carbocycles. The van der Waals surface area contributed by atoms with E-state index in [1.807, 2.05) is 0 Å². The van der Waals surface area contributed by atoms with Crippen molar-refractivity contribution in [2.24, 2.45) is 11.8 Å². The van der Waals surface area contributed by atoms with Crippen LogP contribution in [0, 0.1) is 11.8 Å². The largest absolute Gasteiger partial charge is 0.476 e. The minimum absolute atomic E-state index is 0.0689. The Morgan fingerprint density at radius 3 is 2.86 bits per heavy atom.